The molecule has 2 fully saturated rings. The van der Waals surface area contributed by atoms with Gasteiger partial charge in [-0.05, 0) is 61.8 Å². The van der Waals surface area contributed by atoms with E-state index in [0.29, 0.717) is 12.6 Å². The van der Waals surface area contributed by atoms with Crippen molar-refractivity contribution >= 4 is 28.2 Å². The van der Waals surface area contributed by atoms with Crippen molar-refractivity contribution in [2.45, 2.75) is 70.6 Å². The molecule has 4 rings (SSSR count). The quantitative estimate of drug-likeness (QED) is 0.725. The molecule has 0 amide bonds. The largest absolute Gasteiger partial charge is 0.376 e. The number of rotatable bonds is 5. The molecule has 156 valence electrons. The molecule has 1 aliphatic heterocycles. The van der Waals surface area contributed by atoms with Gasteiger partial charge in [-0.3, -0.25) is 4.79 Å². The van der Waals surface area contributed by atoms with E-state index in [1.54, 1.807) is 0 Å². The minimum absolute atomic E-state index is 0.0189. The smallest absolute Gasteiger partial charge is 0.253 e. The maximum absolute atomic E-state index is 12.8. The number of aromatic nitrogens is 1. The van der Waals surface area contributed by atoms with Crippen LogP contribution in [0.3, 0.4) is 0 Å². The number of benzene rings is 1. The number of ether oxygens (including phenoxy) is 1. The predicted molar refractivity (Wildman–Crippen MR) is 121 cm³/mol. The first-order chi connectivity index (χ1) is 14.1. The van der Waals surface area contributed by atoms with Crippen LogP contribution in [0.5, 0.6) is 0 Å². The van der Waals surface area contributed by atoms with Crippen molar-refractivity contribution < 1.29 is 4.74 Å². The van der Waals surface area contributed by atoms with E-state index in [9.17, 15) is 4.79 Å². The van der Waals surface area contributed by atoms with Gasteiger partial charge >= 0.3 is 0 Å². The molecule has 1 unspecified atom stereocenters. The normalized spacial score (nSPS) is 20.1. The first-order valence-corrected chi connectivity index (χ1v) is 11.3. The third-order valence-corrected chi connectivity index (χ3v) is 6.67. The fraction of sp³-hybridized carbons (Fsp3) is 0.565. The summed E-state index contributed by atoms with van der Waals surface area (Å²) >= 11 is 5.80. The Morgan fingerprint density at radius 3 is 2.83 bits per heavy atom. The molecule has 0 spiro atoms. The lowest BCUT2D eigenvalue weighted by atomic mass is 9.94. The molecule has 0 bridgehead atoms. The summed E-state index contributed by atoms with van der Waals surface area (Å²) in [6.45, 7) is 4.16. The standard InChI is InChI=1S/C23H31N3O2S/c1-16-7-5-8-17-13-18(22(27)25-21(16)17)15-26(19-9-3-2-4-10-19)23(29)24-14-20-11-6-12-28-20/h5,7-8,13,19-20H,2-4,6,9-12,14-15H2,1H3,(H,24,29)(H,25,27). The highest BCUT2D eigenvalue weighted by molar-refractivity contribution is 7.80. The van der Waals surface area contributed by atoms with E-state index in [1.165, 1.54) is 19.3 Å². The van der Waals surface area contributed by atoms with Crippen molar-refractivity contribution in [2.75, 3.05) is 13.2 Å². The minimum Gasteiger partial charge on any atom is -0.376 e. The maximum Gasteiger partial charge on any atom is 0.253 e. The van der Waals surface area contributed by atoms with Crippen LogP contribution in [0.4, 0.5) is 0 Å². The predicted octanol–water partition coefficient (Wildman–Crippen LogP) is 4.02. The molecule has 2 aliphatic rings. The van der Waals surface area contributed by atoms with E-state index in [0.717, 1.165) is 66.0 Å². The molecular weight excluding hydrogens is 382 g/mol. The molecule has 1 aromatic heterocycles. The topological polar surface area (TPSA) is 57.4 Å². The van der Waals surface area contributed by atoms with Gasteiger partial charge in [-0.15, -0.1) is 0 Å². The Kier molecular flexibility index (Phi) is 6.50. The van der Waals surface area contributed by atoms with E-state index in [4.69, 9.17) is 17.0 Å². The van der Waals surface area contributed by atoms with Crippen LogP contribution in [0.25, 0.3) is 10.9 Å². The number of aryl methyl sites for hydroxylation is 1. The van der Waals surface area contributed by atoms with E-state index >= 15 is 0 Å². The second-order valence-electron chi connectivity index (χ2n) is 8.40. The third kappa shape index (κ3) is 4.81. The molecular formula is C23H31N3O2S. The Labute approximate surface area is 177 Å². The van der Waals surface area contributed by atoms with Crippen molar-refractivity contribution in [3.05, 3.63) is 45.7 Å². The Morgan fingerprint density at radius 2 is 2.07 bits per heavy atom. The second-order valence-corrected chi connectivity index (χ2v) is 8.79. The number of nitrogens with zero attached hydrogens (tertiary/aromatic N) is 1. The summed E-state index contributed by atoms with van der Waals surface area (Å²) in [4.78, 5) is 18.2. The van der Waals surface area contributed by atoms with Crippen LogP contribution in [0, 0.1) is 6.92 Å². The van der Waals surface area contributed by atoms with E-state index in [2.05, 4.69) is 21.3 Å². The van der Waals surface area contributed by atoms with Crippen molar-refractivity contribution in [3.63, 3.8) is 0 Å². The van der Waals surface area contributed by atoms with Crippen molar-refractivity contribution in [1.29, 1.82) is 0 Å². The van der Waals surface area contributed by atoms with Crippen LogP contribution in [0.15, 0.2) is 29.1 Å². The molecule has 1 aromatic carbocycles. The SMILES string of the molecule is Cc1cccc2cc(CN(C(=S)NCC3CCCO3)C3CCCCC3)c(=O)[nH]c12. The first-order valence-electron chi connectivity index (χ1n) is 10.9. The Bertz CT molecular complexity index is 914. The summed E-state index contributed by atoms with van der Waals surface area (Å²) in [5.41, 5.74) is 2.76. The molecule has 1 saturated carbocycles. The van der Waals surface area contributed by atoms with Crippen LogP contribution in [-0.4, -0.2) is 40.3 Å². The van der Waals surface area contributed by atoms with Crippen molar-refractivity contribution in [1.82, 2.24) is 15.2 Å². The maximum atomic E-state index is 12.8. The van der Waals surface area contributed by atoms with Gasteiger partial charge in [0.15, 0.2) is 5.11 Å². The molecule has 6 heteroatoms. The summed E-state index contributed by atoms with van der Waals surface area (Å²) < 4.78 is 5.73. The molecule has 1 atom stereocenters. The lowest BCUT2D eigenvalue weighted by Gasteiger charge is -2.36. The van der Waals surface area contributed by atoms with Gasteiger partial charge in [0.25, 0.3) is 5.56 Å². The first kappa shape index (κ1) is 20.4. The fourth-order valence-electron chi connectivity index (χ4n) is 4.60. The van der Waals surface area contributed by atoms with Gasteiger partial charge in [-0.25, -0.2) is 0 Å². The van der Waals surface area contributed by atoms with Crippen molar-refractivity contribution in [2.24, 2.45) is 0 Å². The van der Waals surface area contributed by atoms with E-state index < -0.39 is 0 Å². The average Bonchev–Trinajstić information content (AvgIpc) is 3.25. The molecule has 29 heavy (non-hydrogen) atoms. The van der Waals surface area contributed by atoms with Crippen LogP contribution < -0.4 is 10.9 Å². The zero-order chi connectivity index (χ0) is 20.2. The number of nitrogens with one attached hydrogen (secondary N) is 2. The average molecular weight is 414 g/mol. The highest BCUT2D eigenvalue weighted by Crippen LogP contribution is 2.25. The van der Waals surface area contributed by atoms with E-state index in [1.807, 2.05) is 25.1 Å². The number of pyridine rings is 1. The van der Waals surface area contributed by atoms with Gasteiger partial charge in [-0.2, -0.15) is 0 Å². The minimum atomic E-state index is -0.0189. The van der Waals surface area contributed by atoms with Crippen LogP contribution in [-0.2, 0) is 11.3 Å². The summed E-state index contributed by atoms with van der Waals surface area (Å²) in [6.07, 6.45) is 8.45. The molecule has 2 aromatic rings. The van der Waals surface area contributed by atoms with E-state index in [-0.39, 0.29) is 11.7 Å². The Morgan fingerprint density at radius 1 is 1.24 bits per heavy atom. The lowest BCUT2D eigenvalue weighted by molar-refractivity contribution is 0.112. The Balaban J connectivity index is 1.55. The number of hydrogen-bond acceptors (Lipinski definition) is 3. The van der Waals surface area contributed by atoms with Crippen molar-refractivity contribution in [3.8, 4) is 0 Å². The zero-order valence-electron chi connectivity index (χ0n) is 17.2. The molecule has 1 saturated heterocycles. The highest BCUT2D eigenvalue weighted by atomic mass is 32.1. The monoisotopic (exact) mass is 413 g/mol. The number of thiocarbonyl (C=S) groups is 1. The third-order valence-electron chi connectivity index (χ3n) is 6.29. The summed E-state index contributed by atoms with van der Waals surface area (Å²) in [6, 6.07) is 8.53. The summed E-state index contributed by atoms with van der Waals surface area (Å²) in [7, 11) is 0. The van der Waals surface area contributed by atoms with Gasteiger partial charge in [0.2, 0.25) is 0 Å². The summed E-state index contributed by atoms with van der Waals surface area (Å²) in [5, 5.41) is 5.25. The fourth-order valence-corrected chi connectivity index (χ4v) is 4.89. The van der Waals surface area contributed by atoms with Crippen LogP contribution in [0.1, 0.15) is 56.1 Å². The Hall–Kier alpha value is -1.92. The van der Waals surface area contributed by atoms with Crippen LogP contribution >= 0.6 is 12.2 Å². The van der Waals surface area contributed by atoms with Gasteiger partial charge < -0.3 is 19.9 Å². The van der Waals surface area contributed by atoms with Gasteiger partial charge in [0, 0.05) is 24.8 Å². The zero-order valence-corrected chi connectivity index (χ0v) is 18.0. The molecule has 2 N–H and O–H groups in total. The number of para-hydroxylation sites is 1. The lowest BCUT2D eigenvalue weighted by Crippen LogP contribution is -2.48. The second kappa shape index (κ2) is 9.26. The number of fused-ring (bicyclic) bond motifs is 1. The van der Waals surface area contributed by atoms with Crippen LogP contribution in [0.2, 0.25) is 0 Å². The molecule has 5 nitrogen and oxygen atoms in total. The highest BCUT2D eigenvalue weighted by Gasteiger charge is 2.25. The van der Waals surface area contributed by atoms with Gasteiger partial charge in [0.1, 0.15) is 0 Å². The molecule has 2 heterocycles. The molecule has 0 radical (unpaired) electrons. The van der Waals surface area contributed by atoms with Gasteiger partial charge in [0.05, 0.1) is 18.2 Å². The number of H-pyrrole nitrogens is 1. The molecule has 1 aliphatic carbocycles. The summed E-state index contributed by atoms with van der Waals surface area (Å²) in [5.74, 6) is 0. The number of hydrogen-bond donors (Lipinski definition) is 2. The van der Waals surface area contributed by atoms with Gasteiger partial charge in [-0.1, -0.05) is 37.5 Å². The number of aromatic amines is 1.